The Morgan fingerprint density at radius 1 is 1.21 bits per heavy atom. The lowest BCUT2D eigenvalue weighted by atomic mass is 9.91. The molecule has 29 heavy (non-hydrogen) atoms. The number of methoxy groups -OCH3 is 1. The largest absolute Gasteiger partial charge is 0.496 e. The molecule has 156 valence electrons. The molecule has 0 bridgehead atoms. The molecule has 0 N–H and O–H groups in total. The quantitative estimate of drug-likeness (QED) is 0.685. The van der Waals surface area contributed by atoms with Crippen LogP contribution in [0.4, 0.5) is 0 Å². The Hall–Kier alpha value is -2.41. The molecule has 6 nitrogen and oxygen atoms in total. The highest BCUT2D eigenvalue weighted by Crippen LogP contribution is 2.32. The summed E-state index contributed by atoms with van der Waals surface area (Å²) in [5.41, 5.74) is 1.26. The van der Waals surface area contributed by atoms with Crippen molar-refractivity contribution < 1.29 is 19.1 Å². The predicted molar refractivity (Wildman–Crippen MR) is 113 cm³/mol. The number of hydrogen-bond donors (Lipinski definition) is 0. The number of para-hydroxylation sites is 1. The van der Waals surface area contributed by atoms with E-state index in [0.717, 1.165) is 22.0 Å². The van der Waals surface area contributed by atoms with Gasteiger partial charge in [-0.05, 0) is 25.0 Å². The van der Waals surface area contributed by atoms with Gasteiger partial charge in [-0.3, -0.25) is 9.59 Å². The van der Waals surface area contributed by atoms with Gasteiger partial charge in [0, 0.05) is 23.9 Å². The number of likely N-dealkylation sites (tertiary alicyclic amines) is 1. The summed E-state index contributed by atoms with van der Waals surface area (Å²) in [6, 6.07) is 7.71. The Bertz CT molecular complexity index is 864. The van der Waals surface area contributed by atoms with Crippen LogP contribution < -0.4 is 4.74 Å². The van der Waals surface area contributed by atoms with Crippen molar-refractivity contribution >= 4 is 23.2 Å². The van der Waals surface area contributed by atoms with Gasteiger partial charge in [0.15, 0.2) is 0 Å². The molecular weight excluding hydrogens is 388 g/mol. The lowest BCUT2D eigenvalue weighted by Crippen LogP contribution is -2.45. The highest BCUT2D eigenvalue weighted by Gasteiger charge is 2.33. The first-order valence-corrected chi connectivity index (χ1v) is 10.7. The number of hydrogen-bond acceptors (Lipinski definition) is 6. The number of piperidine rings is 1. The molecule has 1 aliphatic heterocycles. The van der Waals surface area contributed by atoms with Gasteiger partial charge < -0.3 is 14.4 Å². The molecule has 0 unspecified atom stereocenters. The second-order valence-corrected chi connectivity index (χ2v) is 9.13. The molecule has 1 aromatic carbocycles. The van der Waals surface area contributed by atoms with Gasteiger partial charge in [-0.2, -0.15) is 0 Å². The van der Waals surface area contributed by atoms with Gasteiger partial charge in [0.2, 0.25) is 5.91 Å². The SMILES string of the molecule is COc1ccccc1-c1nc(COC(=O)C2CCN(C(=O)C(C)(C)C)CC2)cs1. The summed E-state index contributed by atoms with van der Waals surface area (Å²) in [6.45, 7) is 7.12. The minimum Gasteiger partial charge on any atom is -0.496 e. The molecular formula is C22H28N2O4S. The van der Waals surface area contributed by atoms with E-state index in [1.165, 1.54) is 11.3 Å². The molecule has 0 aliphatic carbocycles. The zero-order valence-corrected chi connectivity index (χ0v) is 18.3. The van der Waals surface area contributed by atoms with E-state index in [4.69, 9.17) is 9.47 Å². The highest BCUT2D eigenvalue weighted by atomic mass is 32.1. The Kier molecular flexibility index (Phi) is 6.57. The van der Waals surface area contributed by atoms with Gasteiger partial charge in [-0.15, -0.1) is 11.3 Å². The zero-order valence-electron chi connectivity index (χ0n) is 17.4. The first-order valence-electron chi connectivity index (χ1n) is 9.83. The molecule has 0 spiro atoms. The lowest BCUT2D eigenvalue weighted by Gasteiger charge is -2.34. The zero-order chi connectivity index (χ0) is 21.0. The summed E-state index contributed by atoms with van der Waals surface area (Å²) in [5.74, 6) is 0.531. The number of aromatic nitrogens is 1. The fraction of sp³-hybridized carbons (Fsp3) is 0.500. The summed E-state index contributed by atoms with van der Waals surface area (Å²) in [6.07, 6.45) is 1.29. The van der Waals surface area contributed by atoms with Gasteiger partial charge in [-0.25, -0.2) is 4.98 Å². The van der Waals surface area contributed by atoms with Crippen molar-refractivity contribution in [1.82, 2.24) is 9.88 Å². The maximum absolute atomic E-state index is 12.5. The molecule has 1 fully saturated rings. The topological polar surface area (TPSA) is 68.7 Å². The van der Waals surface area contributed by atoms with E-state index < -0.39 is 5.41 Å². The van der Waals surface area contributed by atoms with Crippen molar-refractivity contribution in [3.8, 4) is 16.3 Å². The van der Waals surface area contributed by atoms with Crippen molar-refractivity contribution in [3.63, 3.8) is 0 Å². The molecule has 0 saturated carbocycles. The number of benzene rings is 1. The van der Waals surface area contributed by atoms with Crippen LogP contribution in [0.15, 0.2) is 29.6 Å². The van der Waals surface area contributed by atoms with Crippen molar-refractivity contribution in [2.45, 2.75) is 40.2 Å². The van der Waals surface area contributed by atoms with Gasteiger partial charge in [0.05, 0.1) is 24.3 Å². The van der Waals surface area contributed by atoms with Crippen LogP contribution in [0.25, 0.3) is 10.6 Å². The maximum atomic E-state index is 12.5. The second kappa shape index (κ2) is 8.95. The summed E-state index contributed by atoms with van der Waals surface area (Å²) >= 11 is 1.50. The van der Waals surface area contributed by atoms with E-state index in [0.29, 0.717) is 25.9 Å². The number of esters is 1. The van der Waals surface area contributed by atoms with Crippen LogP contribution in [0.1, 0.15) is 39.3 Å². The number of thiazole rings is 1. The number of carbonyl (C=O) groups excluding carboxylic acids is 2. The number of amides is 1. The summed E-state index contributed by atoms with van der Waals surface area (Å²) < 4.78 is 10.9. The smallest absolute Gasteiger partial charge is 0.309 e. The molecule has 0 atom stereocenters. The van der Waals surface area contributed by atoms with Crippen LogP contribution in [0.2, 0.25) is 0 Å². The fourth-order valence-corrected chi connectivity index (χ4v) is 4.21. The fourth-order valence-electron chi connectivity index (χ4n) is 3.37. The van der Waals surface area contributed by atoms with Crippen molar-refractivity contribution in [1.29, 1.82) is 0 Å². The average molecular weight is 417 g/mol. The molecule has 7 heteroatoms. The van der Waals surface area contributed by atoms with Crippen LogP contribution in [-0.2, 0) is 20.9 Å². The van der Waals surface area contributed by atoms with Gasteiger partial charge >= 0.3 is 5.97 Å². The molecule has 2 heterocycles. The normalized spacial score (nSPS) is 15.2. The maximum Gasteiger partial charge on any atom is 0.309 e. The number of rotatable bonds is 5. The van der Waals surface area contributed by atoms with Crippen LogP contribution >= 0.6 is 11.3 Å². The van der Waals surface area contributed by atoms with Crippen LogP contribution in [0.3, 0.4) is 0 Å². The van der Waals surface area contributed by atoms with Crippen LogP contribution in [0.5, 0.6) is 5.75 Å². The van der Waals surface area contributed by atoms with Crippen molar-refractivity contribution in [2.75, 3.05) is 20.2 Å². The van der Waals surface area contributed by atoms with Gasteiger partial charge in [0.1, 0.15) is 17.4 Å². The minimum atomic E-state index is -0.392. The lowest BCUT2D eigenvalue weighted by molar-refractivity contribution is -0.154. The molecule has 1 aromatic heterocycles. The number of carbonyl (C=O) groups is 2. The third-order valence-electron chi connectivity index (χ3n) is 5.01. The van der Waals surface area contributed by atoms with Gasteiger partial charge in [-0.1, -0.05) is 32.9 Å². The Balaban J connectivity index is 1.52. The predicted octanol–water partition coefficient (Wildman–Crippen LogP) is 4.15. The number of ether oxygens (including phenoxy) is 2. The molecule has 1 aliphatic rings. The molecule has 2 aromatic rings. The van der Waals surface area contributed by atoms with E-state index >= 15 is 0 Å². The van der Waals surface area contributed by atoms with Gasteiger partial charge in [0.25, 0.3) is 0 Å². The van der Waals surface area contributed by atoms with Crippen LogP contribution in [0, 0.1) is 11.3 Å². The molecule has 3 rings (SSSR count). The van der Waals surface area contributed by atoms with Crippen molar-refractivity contribution in [2.24, 2.45) is 11.3 Å². The molecule has 0 radical (unpaired) electrons. The summed E-state index contributed by atoms with van der Waals surface area (Å²) in [7, 11) is 1.63. The first kappa shape index (κ1) is 21.3. The molecule has 1 saturated heterocycles. The van der Waals surface area contributed by atoms with E-state index in [9.17, 15) is 9.59 Å². The Morgan fingerprint density at radius 2 is 1.90 bits per heavy atom. The highest BCUT2D eigenvalue weighted by molar-refractivity contribution is 7.13. The Morgan fingerprint density at radius 3 is 2.55 bits per heavy atom. The first-order chi connectivity index (χ1) is 13.8. The standard InChI is InChI=1S/C22H28N2O4S/c1-22(2,3)21(26)24-11-9-15(10-12-24)20(25)28-13-16-14-29-19(23-16)17-7-5-6-8-18(17)27-4/h5-8,14-15H,9-13H2,1-4H3. The second-order valence-electron chi connectivity index (χ2n) is 8.27. The summed E-state index contributed by atoms with van der Waals surface area (Å²) in [5, 5.41) is 2.74. The third-order valence-corrected chi connectivity index (χ3v) is 5.93. The third kappa shape index (κ3) is 5.15. The van der Waals surface area contributed by atoms with E-state index in [1.54, 1.807) is 7.11 Å². The number of nitrogens with zero attached hydrogens (tertiary/aromatic N) is 2. The monoisotopic (exact) mass is 416 g/mol. The van der Waals surface area contributed by atoms with Crippen molar-refractivity contribution in [3.05, 3.63) is 35.3 Å². The van der Waals surface area contributed by atoms with E-state index in [1.807, 2.05) is 55.3 Å². The molecule has 1 amide bonds. The van der Waals surface area contributed by atoms with E-state index in [2.05, 4.69) is 4.98 Å². The minimum absolute atomic E-state index is 0.135. The van der Waals surface area contributed by atoms with E-state index in [-0.39, 0.29) is 24.4 Å². The Labute approximate surface area is 175 Å². The average Bonchev–Trinajstić information content (AvgIpc) is 3.19. The van der Waals surface area contributed by atoms with Crippen LogP contribution in [-0.4, -0.2) is 42.0 Å². The summed E-state index contributed by atoms with van der Waals surface area (Å²) in [4.78, 5) is 31.2.